The van der Waals surface area contributed by atoms with E-state index in [0.717, 1.165) is 0 Å². The number of hydrogen-bond acceptors (Lipinski definition) is 2. The van der Waals surface area contributed by atoms with Crippen molar-refractivity contribution in [2.45, 2.75) is 11.8 Å². The van der Waals surface area contributed by atoms with Crippen LogP contribution in [0.25, 0.3) is 0 Å². The second-order valence-corrected chi connectivity index (χ2v) is 5.57. The summed E-state index contributed by atoms with van der Waals surface area (Å²) in [5.74, 6) is 0.0361. The monoisotopic (exact) mass is 238 g/mol. The third-order valence-electron chi connectivity index (χ3n) is 1.61. The summed E-state index contributed by atoms with van der Waals surface area (Å²) in [6, 6.07) is 4.35. The minimum atomic E-state index is -3.24. The Balaban J connectivity index is 3.33. The minimum absolute atomic E-state index is 0.0361. The van der Waals surface area contributed by atoms with Gasteiger partial charge in [-0.2, -0.15) is 0 Å². The molecule has 0 N–H and O–H groups in total. The Labute approximate surface area is 87.4 Å². The molecule has 0 aliphatic rings. The quantitative estimate of drug-likeness (QED) is 0.795. The fourth-order valence-corrected chi connectivity index (χ4v) is 2.59. The summed E-state index contributed by atoms with van der Waals surface area (Å²) in [4.78, 5) is 0.140. The van der Waals surface area contributed by atoms with Crippen molar-refractivity contribution in [3.63, 3.8) is 0 Å². The van der Waals surface area contributed by atoms with Gasteiger partial charge in [0.1, 0.15) is 0 Å². The number of benzene rings is 1. The van der Waals surface area contributed by atoms with Crippen molar-refractivity contribution >= 4 is 33.0 Å². The van der Waals surface area contributed by atoms with Gasteiger partial charge in [0.25, 0.3) is 0 Å². The van der Waals surface area contributed by atoms with E-state index in [9.17, 15) is 8.42 Å². The van der Waals surface area contributed by atoms with Crippen molar-refractivity contribution in [2.75, 3.05) is 5.75 Å². The summed E-state index contributed by atoms with van der Waals surface area (Å²) in [5.41, 5.74) is 0. The van der Waals surface area contributed by atoms with Gasteiger partial charge in [-0.3, -0.25) is 0 Å². The van der Waals surface area contributed by atoms with E-state index in [1.54, 1.807) is 6.92 Å². The van der Waals surface area contributed by atoms with Gasteiger partial charge in [0.05, 0.1) is 15.7 Å². The Morgan fingerprint density at radius 1 is 1.31 bits per heavy atom. The Kier molecular flexibility index (Phi) is 3.22. The zero-order valence-electron chi connectivity index (χ0n) is 6.92. The molecule has 0 atom stereocenters. The van der Waals surface area contributed by atoms with Gasteiger partial charge in [-0.15, -0.1) is 0 Å². The lowest BCUT2D eigenvalue weighted by molar-refractivity contribution is 0.597. The largest absolute Gasteiger partial charge is 0.224 e. The third kappa shape index (κ3) is 2.36. The number of sulfone groups is 1. The first-order chi connectivity index (χ1) is 5.97. The predicted molar refractivity (Wildman–Crippen MR) is 54.2 cm³/mol. The van der Waals surface area contributed by atoms with Crippen LogP contribution in [0.15, 0.2) is 23.1 Å². The molecule has 0 unspecified atom stereocenters. The van der Waals surface area contributed by atoms with Crippen LogP contribution in [0.5, 0.6) is 0 Å². The molecule has 1 rings (SSSR count). The first-order valence-corrected chi connectivity index (χ1v) is 6.06. The van der Waals surface area contributed by atoms with Gasteiger partial charge in [-0.05, 0) is 18.2 Å². The van der Waals surface area contributed by atoms with Crippen molar-refractivity contribution in [1.82, 2.24) is 0 Å². The van der Waals surface area contributed by atoms with Gasteiger partial charge in [0.15, 0.2) is 9.84 Å². The predicted octanol–water partition coefficient (Wildman–Crippen LogP) is 2.79. The molecule has 0 aliphatic heterocycles. The van der Waals surface area contributed by atoms with Crippen LogP contribution < -0.4 is 0 Å². The van der Waals surface area contributed by atoms with E-state index >= 15 is 0 Å². The van der Waals surface area contributed by atoms with Crippen LogP contribution in [0.1, 0.15) is 6.92 Å². The summed E-state index contributed by atoms with van der Waals surface area (Å²) >= 11 is 11.4. The standard InChI is InChI=1S/C8H8Cl2O2S/c1-2-13(11,12)8-4-3-6(9)5-7(8)10/h3-5H,2H2,1H3. The zero-order chi connectivity index (χ0) is 10.1. The number of halogens is 2. The van der Waals surface area contributed by atoms with E-state index in [0.29, 0.717) is 5.02 Å². The average Bonchev–Trinajstić information content (AvgIpc) is 2.03. The highest BCUT2D eigenvalue weighted by Gasteiger charge is 2.15. The molecular formula is C8H8Cl2O2S. The molecule has 0 spiro atoms. The lowest BCUT2D eigenvalue weighted by Crippen LogP contribution is -2.03. The summed E-state index contributed by atoms with van der Waals surface area (Å²) in [6.07, 6.45) is 0. The van der Waals surface area contributed by atoms with E-state index in [1.165, 1.54) is 18.2 Å². The summed E-state index contributed by atoms with van der Waals surface area (Å²) in [7, 11) is -3.24. The van der Waals surface area contributed by atoms with Crippen molar-refractivity contribution in [2.24, 2.45) is 0 Å². The SMILES string of the molecule is CCS(=O)(=O)c1ccc(Cl)cc1Cl. The number of rotatable bonds is 2. The van der Waals surface area contributed by atoms with Crippen molar-refractivity contribution in [3.8, 4) is 0 Å². The molecule has 1 aromatic carbocycles. The maximum absolute atomic E-state index is 11.4. The summed E-state index contributed by atoms with van der Waals surface area (Å²) < 4.78 is 22.8. The summed E-state index contributed by atoms with van der Waals surface area (Å²) in [5, 5.41) is 0.606. The number of hydrogen-bond donors (Lipinski definition) is 0. The van der Waals surface area contributed by atoms with E-state index in [-0.39, 0.29) is 15.7 Å². The smallest absolute Gasteiger partial charge is 0.179 e. The van der Waals surface area contributed by atoms with Crippen molar-refractivity contribution < 1.29 is 8.42 Å². The van der Waals surface area contributed by atoms with E-state index in [2.05, 4.69) is 0 Å². The fraction of sp³-hybridized carbons (Fsp3) is 0.250. The molecule has 1 aromatic rings. The van der Waals surface area contributed by atoms with E-state index in [1.807, 2.05) is 0 Å². The van der Waals surface area contributed by atoms with Gasteiger partial charge in [0.2, 0.25) is 0 Å². The first-order valence-electron chi connectivity index (χ1n) is 3.65. The molecule has 0 saturated carbocycles. The molecule has 2 nitrogen and oxygen atoms in total. The highest BCUT2D eigenvalue weighted by atomic mass is 35.5. The molecule has 5 heteroatoms. The van der Waals surface area contributed by atoms with Crippen LogP contribution in [0.3, 0.4) is 0 Å². The van der Waals surface area contributed by atoms with Gasteiger partial charge in [-0.1, -0.05) is 30.1 Å². The van der Waals surface area contributed by atoms with Gasteiger partial charge >= 0.3 is 0 Å². The average molecular weight is 239 g/mol. The minimum Gasteiger partial charge on any atom is -0.224 e. The Bertz CT molecular complexity index is 412. The highest BCUT2D eigenvalue weighted by molar-refractivity contribution is 7.91. The molecule has 0 heterocycles. The molecular weight excluding hydrogens is 231 g/mol. The second kappa shape index (κ2) is 3.86. The van der Waals surface area contributed by atoms with Crippen molar-refractivity contribution in [1.29, 1.82) is 0 Å². The van der Waals surface area contributed by atoms with E-state index < -0.39 is 9.84 Å². The maximum atomic E-state index is 11.4. The zero-order valence-corrected chi connectivity index (χ0v) is 9.25. The van der Waals surface area contributed by atoms with Crippen molar-refractivity contribution in [3.05, 3.63) is 28.2 Å². The van der Waals surface area contributed by atoms with Crippen LogP contribution in [-0.2, 0) is 9.84 Å². The maximum Gasteiger partial charge on any atom is 0.179 e. The van der Waals surface area contributed by atoms with Crippen LogP contribution in [-0.4, -0.2) is 14.2 Å². The third-order valence-corrected chi connectivity index (χ3v) is 4.06. The molecule has 0 saturated heterocycles. The molecule has 0 bridgehead atoms. The van der Waals surface area contributed by atoms with Crippen LogP contribution in [0.4, 0.5) is 0 Å². The molecule has 0 fully saturated rings. The Morgan fingerprint density at radius 2 is 1.92 bits per heavy atom. The molecule has 0 aliphatic carbocycles. The molecule has 72 valence electrons. The van der Waals surface area contributed by atoms with Gasteiger partial charge in [-0.25, -0.2) is 8.42 Å². The van der Waals surface area contributed by atoms with Crippen LogP contribution >= 0.6 is 23.2 Å². The van der Waals surface area contributed by atoms with Crippen LogP contribution in [0, 0.1) is 0 Å². The van der Waals surface area contributed by atoms with Gasteiger partial charge < -0.3 is 0 Å². The second-order valence-electron chi connectivity index (χ2n) is 2.48. The fourth-order valence-electron chi connectivity index (χ4n) is 0.883. The Morgan fingerprint density at radius 3 is 2.38 bits per heavy atom. The molecule has 0 amide bonds. The van der Waals surface area contributed by atoms with Crippen LogP contribution in [0.2, 0.25) is 10.0 Å². The Hall–Kier alpha value is -0.250. The lowest BCUT2D eigenvalue weighted by atomic mass is 10.4. The topological polar surface area (TPSA) is 34.1 Å². The normalized spacial score (nSPS) is 11.6. The lowest BCUT2D eigenvalue weighted by Gasteiger charge is -2.03. The molecule has 13 heavy (non-hydrogen) atoms. The highest BCUT2D eigenvalue weighted by Crippen LogP contribution is 2.25. The molecule has 0 aromatic heterocycles. The summed E-state index contributed by atoms with van der Waals surface area (Å²) in [6.45, 7) is 1.57. The van der Waals surface area contributed by atoms with E-state index in [4.69, 9.17) is 23.2 Å². The van der Waals surface area contributed by atoms with Gasteiger partial charge in [0, 0.05) is 5.02 Å². The first kappa shape index (κ1) is 10.8. The molecule has 0 radical (unpaired) electrons.